The second-order valence-electron chi connectivity index (χ2n) is 9.66. The van der Waals surface area contributed by atoms with Crippen molar-refractivity contribution in [3.63, 3.8) is 0 Å². The molecule has 1 aromatic carbocycles. The van der Waals surface area contributed by atoms with Gasteiger partial charge in [-0.1, -0.05) is 39.5 Å². The van der Waals surface area contributed by atoms with Crippen LogP contribution in [0.3, 0.4) is 0 Å². The van der Waals surface area contributed by atoms with E-state index < -0.39 is 11.6 Å². The van der Waals surface area contributed by atoms with E-state index in [1.807, 2.05) is 6.92 Å². The Bertz CT molecular complexity index is 659. The van der Waals surface area contributed by atoms with Crippen LogP contribution >= 0.6 is 0 Å². The summed E-state index contributed by atoms with van der Waals surface area (Å²) in [5, 5.41) is 0. The summed E-state index contributed by atoms with van der Waals surface area (Å²) in [5.74, 6) is 1.34. The van der Waals surface area contributed by atoms with Crippen molar-refractivity contribution < 1.29 is 18.3 Å². The third-order valence-electron chi connectivity index (χ3n) is 7.39. The molecule has 0 heterocycles. The van der Waals surface area contributed by atoms with Gasteiger partial charge in [0, 0.05) is 0 Å². The average Bonchev–Trinajstić information content (AvgIpc) is 2.76. The maximum absolute atomic E-state index is 14.5. The minimum absolute atomic E-state index is 0.0200. The lowest BCUT2D eigenvalue weighted by molar-refractivity contribution is 0.120. The zero-order valence-corrected chi connectivity index (χ0v) is 19.2. The Morgan fingerprint density at radius 3 is 1.97 bits per heavy atom. The lowest BCUT2D eigenvalue weighted by Gasteiger charge is -2.37. The normalized spacial score (nSPS) is 27.1. The molecule has 0 spiro atoms. The zero-order valence-electron chi connectivity index (χ0n) is 19.2. The standard InChI is InChI=1S/C26H40F2O2/c1-4-6-19-7-11-21(12-8-19)22-13-9-20(10-14-22)17-30-26-18(3)16-23(29-15-5-2)24(27)25(26)28/h16,19-22H,4-15,17H2,1-3H3. The second kappa shape index (κ2) is 11.3. The van der Waals surface area contributed by atoms with Gasteiger partial charge in [-0.25, -0.2) is 0 Å². The number of ether oxygens (including phenoxy) is 2. The van der Waals surface area contributed by atoms with Gasteiger partial charge in [-0.05, 0) is 87.2 Å². The third-order valence-corrected chi connectivity index (χ3v) is 7.39. The van der Waals surface area contributed by atoms with Crippen LogP contribution in [0.2, 0.25) is 0 Å². The molecule has 2 aliphatic rings. The predicted molar refractivity (Wildman–Crippen MR) is 118 cm³/mol. The second-order valence-corrected chi connectivity index (χ2v) is 9.66. The van der Waals surface area contributed by atoms with Crippen LogP contribution < -0.4 is 9.47 Å². The first-order chi connectivity index (χ1) is 14.5. The Hall–Kier alpha value is -1.32. The fraction of sp³-hybridized carbons (Fsp3) is 0.769. The van der Waals surface area contributed by atoms with Crippen molar-refractivity contribution in [3.05, 3.63) is 23.3 Å². The van der Waals surface area contributed by atoms with Gasteiger partial charge in [-0.3, -0.25) is 0 Å². The molecule has 4 heteroatoms. The summed E-state index contributed by atoms with van der Waals surface area (Å²) in [4.78, 5) is 0. The van der Waals surface area contributed by atoms with Crippen molar-refractivity contribution in [2.75, 3.05) is 13.2 Å². The van der Waals surface area contributed by atoms with Gasteiger partial charge in [0.05, 0.1) is 13.2 Å². The van der Waals surface area contributed by atoms with E-state index >= 15 is 0 Å². The van der Waals surface area contributed by atoms with Gasteiger partial charge in [-0.2, -0.15) is 8.78 Å². The van der Waals surface area contributed by atoms with Crippen molar-refractivity contribution in [1.82, 2.24) is 0 Å². The maximum atomic E-state index is 14.5. The van der Waals surface area contributed by atoms with E-state index in [0.717, 1.165) is 37.0 Å². The van der Waals surface area contributed by atoms with E-state index in [0.29, 0.717) is 24.7 Å². The molecule has 2 aliphatic carbocycles. The molecule has 0 radical (unpaired) electrons. The highest BCUT2D eigenvalue weighted by molar-refractivity contribution is 5.42. The Balaban J connectivity index is 1.46. The molecule has 0 N–H and O–H groups in total. The van der Waals surface area contributed by atoms with Crippen LogP contribution in [0.4, 0.5) is 8.78 Å². The average molecular weight is 423 g/mol. The van der Waals surface area contributed by atoms with Gasteiger partial charge in [0.15, 0.2) is 11.5 Å². The maximum Gasteiger partial charge on any atom is 0.204 e. The number of hydrogen-bond donors (Lipinski definition) is 0. The molecule has 170 valence electrons. The van der Waals surface area contributed by atoms with Crippen molar-refractivity contribution in [1.29, 1.82) is 0 Å². The van der Waals surface area contributed by atoms with E-state index in [1.165, 1.54) is 51.4 Å². The molecule has 0 amide bonds. The van der Waals surface area contributed by atoms with Crippen LogP contribution in [0.1, 0.15) is 90.0 Å². The van der Waals surface area contributed by atoms with Gasteiger partial charge in [0.1, 0.15) is 0 Å². The summed E-state index contributed by atoms with van der Waals surface area (Å²) in [5.41, 5.74) is 0.595. The SMILES string of the molecule is CCCOc1cc(C)c(OCC2CCC(C3CCC(CCC)CC3)CC2)c(F)c1F. The lowest BCUT2D eigenvalue weighted by atomic mass is 9.69. The smallest absolute Gasteiger partial charge is 0.204 e. The number of aryl methyl sites for hydroxylation is 1. The highest BCUT2D eigenvalue weighted by atomic mass is 19.2. The molecule has 3 rings (SSSR count). The molecule has 2 saturated carbocycles. The van der Waals surface area contributed by atoms with Crippen molar-refractivity contribution in [2.24, 2.45) is 23.7 Å². The number of hydrogen-bond acceptors (Lipinski definition) is 2. The molecule has 1 aromatic rings. The molecule has 0 saturated heterocycles. The molecule has 0 unspecified atom stereocenters. The monoisotopic (exact) mass is 422 g/mol. The fourth-order valence-electron chi connectivity index (χ4n) is 5.58. The summed E-state index contributed by atoms with van der Waals surface area (Å²) < 4.78 is 39.9. The van der Waals surface area contributed by atoms with E-state index in [4.69, 9.17) is 9.47 Å². The zero-order chi connectivity index (χ0) is 21.5. The minimum atomic E-state index is -0.938. The predicted octanol–water partition coefficient (Wildman–Crippen LogP) is 7.85. The summed E-state index contributed by atoms with van der Waals surface area (Å²) >= 11 is 0. The van der Waals surface area contributed by atoms with Crippen LogP contribution in [0.15, 0.2) is 6.07 Å². The van der Waals surface area contributed by atoms with E-state index in [9.17, 15) is 8.78 Å². The fourth-order valence-corrected chi connectivity index (χ4v) is 5.58. The van der Waals surface area contributed by atoms with Crippen molar-refractivity contribution in [3.8, 4) is 11.5 Å². The topological polar surface area (TPSA) is 18.5 Å². The first-order valence-corrected chi connectivity index (χ1v) is 12.3. The largest absolute Gasteiger partial charge is 0.490 e. The van der Waals surface area contributed by atoms with Gasteiger partial charge in [0.2, 0.25) is 11.6 Å². The molecule has 2 nitrogen and oxygen atoms in total. The molecule has 0 bridgehead atoms. The molecule has 0 aliphatic heterocycles. The minimum Gasteiger partial charge on any atom is -0.490 e. The van der Waals surface area contributed by atoms with Gasteiger partial charge < -0.3 is 9.47 Å². The van der Waals surface area contributed by atoms with Crippen LogP contribution in [-0.4, -0.2) is 13.2 Å². The molecule has 30 heavy (non-hydrogen) atoms. The first kappa shape index (κ1) is 23.3. The first-order valence-electron chi connectivity index (χ1n) is 12.3. The summed E-state index contributed by atoms with van der Waals surface area (Å²) in [7, 11) is 0. The lowest BCUT2D eigenvalue weighted by Crippen LogP contribution is -2.27. The van der Waals surface area contributed by atoms with Crippen molar-refractivity contribution in [2.45, 2.75) is 91.4 Å². The Morgan fingerprint density at radius 1 is 0.800 bits per heavy atom. The van der Waals surface area contributed by atoms with Gasteiger partial charge >= 0.3 is 0 Å². The van der Waals surface area contributed by atoms with Crippen molar-refractivity contribution >= 4 is 0 Å². The molecular weight excluding hydrogens is 382 g/mol. The third kappa shape index (κ3) is 5.88. The van der Waals surface area contributed by atoms with E-state index in [-0.39, 0.29) is 11.5 Å². The number of benzene rings is 1. The Morgan fingerprint density at radius 2 is 1.40 bits per heavy atom. The highest BCUT2D eigenvalue weighted by Crippen LogP contribution is 2.42. The van der Waals surface area contributed by atoms with Crippen LogP contribution in [0.5, 0.6) is 11.5 Å². The van der Waals surface area contributed by atoms with Gasteiger partial charge in [-0.15, -0.1) is 0 Å². The number of halogens is 2. The summed E-state index contributed by atoms with van der Waals surface area (Å²) in [6, 6.07) is 1.55. The van der Waals surface area contributed by atoms with Crippen LogP contribution in [-0.2, 0) is 0 Å². The summed E-state index contributed by atoms with van der Waals surface area (Å²) in [6.45, 7) is 6.83. The quantitative estimate of drug-likeness (QED) is 0.403. The van der Waals surface area contributed by atoms with Crippen LogP contribution in [0.25, 0.3) is 0 Å². The molecule has 2 fully saturated rings. The summed E-state index contributed by atoms with van der Waals surface area (Å²) in [6.07, 6.45) is 13.9. The van der Waals surface area contributed by atoms with E-state index in [2.05, 4.69) is 6.92 Å². The molecular formula is C26H40F2O2. The number of rotatable bonds is 9. The Labute approximate surface area is 181 Å². The van der Waals surface area contributed by atoms with Crippen LogP contribution in [0, 0.1) is 42.2 Å². The Kier molecular flexibility index (Phi) is 8.83. The molecule has 0 aromatic heterocycles. The highest BCUT2D eigenvalue weighted by Gasteiger charge is 2.31. The molecule has 0 atom stereocenters. The van der Waals surface area contributed by atoms with Gasteiger partial charge in [0.25, 0.3) is 0 Å². The van der Waals surface area contributed by atoms with E-state index in [1.54, 1.807) is 13.0 Å².